The lowest BCUT2D eigenvalue weighted by Gasteiger charge is -2.09. The highest BCUT2D eigenvalue weighted by atomic mass is 32.2. The number of ketones is 1. The zero-order chi connectivity index (χ0) is 13.9. The van der Waals surface area contributed by atoms with Gasteiger partial charge in [-0.2, -0.15) is 0 Å². The zero-order valence-electron chi connectivity index (χ0n) is 9.92. The Hall–Kier alpha value is -1.77. The van der Waals surface area contributed by atoms with Crippen molar-refractivity contribution < 1.29 is 18.0 Å². The van der Waals surface area contributed by atoms with Gasteiger partial charge in [-0.05, 0) is 0 Å². The van der Waals surface area contributed by atoms with Gasteiger partial charge in [-0.1, -0.05) is 30.3 Å². The Balaban J connectivity index is 2.01. The molecule has 1 aliphatic heterocycles. The average Bonchev–Trinajstić information content (AvgIpc) is 2.75. The first-order valence-electron chi connectivity index (χ1n) is 5.59. The van der Waals surface area contributed by atoms with E-state index in [1.165, 1.54) is 0 Å². The van der Waals surface area contributed by atoms with Crippen LogP contribution in [0.5, 0.6) is 0 Å². The summed E-state index contributed by atoms with van der Waals surface area (Å²) >= 11 is 0. The van der Waals surface area contributed by atoms with Crippen molar-refractivity contribution in [2.45, 2.75) is 6.04 Å². The maximum Gasteiger partial charge on any atom is 0.253 e. The van der Waals surface area contributed by atoms with E-state index in [9.17, 15) is 18.0 Å². The smallest absolute Gasteiger partial charge is 0.253 e. The molecule has 0 unspecified atom stereocenters. The third-order valence-corrected chi connectivity index (χ3v) is 3.86. The first-order valence-corrected chi connectivity index (χ1v) is 7.24. The highest BCUT2D eigenvalue weighted by Crippen LogP contribution is 2.03. The molecule has 1 aliphatic rings. The van der Waals surface area contributed by atoms with Gasteiger partial charge in [-0.15, -0.1) is 0 Å². The highest BCUT2D eigenvalue weighted by molar-refractivity contribution is 7.90. The number of carbonyl (C=O) groups excluding carboxylic acids is 2. The molecule has 3 N–H and O–H groups in total. The minimum atomic E-state index is -3.85. The molecule has 1 fully saturated rings. The van der Waals surface area contributed by atoms with Crippen molar-refractivity contribution in [2.24, 2.45) is 0 Å². The minimum Gasteiger partial charge on any atom is -0.293 e. The molecule has 1 heterocycles. The summed E-state index contributed by atoms with van der Waals surface area (Å²) in [5.41, 5.74) is 5.12. The Labute approximate surface area is 110 Å². The molecule has 1 amide bonds. The fraction of sp³-hybridized carbons (Fsp3) is 0.273. The van der Waals surface area contributed by atoms with Crippen molar-refractivity contribution in [1.29, 1.82) is 0 Å². The van der Waals surface area contributed by atoms with Crippen LogP contribution in [0.3, 0.4) is 0 Å². The molecule has 0 saturated carbocycles. The van der Waals surface area contributed by atoms with Crippen molar-refractivity contribution >= 4 is 21.7 Å². The van der Waals surface area contributed by atoms with Gasteiger partial charge >= 0.3 is 0 Å². The number of hydrogen-bond acceptors (Lipinski definition) is 5. The largest absolute Gasteiger partial charge is 0.293 e. The topological polar surface area (TPSA) is 104 Å². The van der Waals surface area contributed by atoms with E-state index < -0.39 is 33.5 Å². The number of amides is 1. The quantitative estimate of drug-likeness (QED) is 0.588. The van der Waals surface area contributed by atoms with Gasteiger partial charge in [0, 0.05) is 12.1 Å². The Morgan fingerprint density at radius 3 is 2.58 bits per heavy atom. The molecule has 0 bridgehead atoms. The summed E-state index contributed by atoms with van der Waals surface area (Å²) in [6.07, 6.45) is 0. The van der Waals surface area contributed by atoms with Crippen molar-refractivity contribution in [3.8, 4) is 0 Å². The fourth-order valence-corrected chi connectivity index (χ4v) is 2.87. The molecule has 19 heavy (non-hydrogen) atoms. The number of Topliss-reactive ketones (excluding diaryl/α,β-unsaturated/α-hetero) is 1. The summed E-state index contributed by atoms with van der Waals surface area (Å²) in [5, 5.41) is 0. The Kier molecular flexibility index (Phi) is 3.93. The van der Waals surface area contributed by atoms with Gasteiger partial charge in [0.1, 0.15) is 11.8 Å². The number of hydrazine groups is 1. The third-order valence-electron chi connectivity index (χ3n) is 2.57. The molecule has 0 aliphatic carbocycles. The van der Waals surface area contributed by atoms with E-state index >= 15 is 0 Å². The van der Waals surface area contributed by atoms with Crippen LogP contribution in [-0.4, -0.2) is 38.4 Å². The van der Waals surface area contributed by atoms with E-state index in [0.29, 0.717) is 5.56 Å². The molecule has 2 rings (SSSR count). The van der Waals surface area contributed by atoms with E-state index in [-0.39, 0.29) is 6.54 Å². The van der Waals surface area contributed by atoms with Crippen molar-refractivity contribution in [3.05, 3.63) is 35.9 Å². The minimum absolute atomic E-state index is 0.150. The highest BCUT2D eigenvalue weighted by Gasteiger charge is 2.29. The SMILES string of the molecule is O=C(CS(=O)(=O)N[C@H]1CNNC1=O)c1ccccc1. The lowest BCUT2D eigenvalue weighted by molar-refractivity contribution is -0.120. The number of hydrogen-bond donors (Lipinski definition) is 3. The van der Waals surface area contributed by atoms with Gasteiger partial charge in [0.2, 0.25) is 10.0 Å². The zero-order valence-corrected chi connectivity index (χ0v) is 10.7. The summed E-state index contributed by atoms with van der Waals surface area (Å²) in [7, 11) is -3.85. The van der Waals surface area contributed by atoms with Crippen molar-refractivity contribution in [3.63, 3.8) is 0 Å². The normalized spacial score (nSPS) is 19.2. The van der Waals surface area contributed by atoms with Crippen LogP contribution >= 0.6 is 0 Å². The molecule has 8 heteroatoms. The van der Waals surface area contributed by atoms with Crippen LogP contribution in [-0.2, 0) is 14.8 Å². The van der Waals surface area contributed by atoms with Crippen molar-refractivity contribution in [1.82, 2.24) is 15.6 Å². The molecule has 0 spiro atoms. The molecule has 0 aromatic heterocycles. The summed E-state index contributed by atoms with van der Waals surface area (Å²) in [6, 6.07) is 7.25. The van der Waals surface area contributed by atoms with E-state index in [1.807, 2.05) is 0 Å². The summed E-state index contributed by atoms with van der Waals surface area (Å²) in [4.78, 5) is 23.0. The monoisotopic (exact) mass is 283 g/mol. The molecule has 1 atom stereocenters. The van der Waals surface area contributed by atoms with Gasteiger partial charge in [0.15, 0.2) is 5.78 Å². The third kappa shape index (κ3) is 3.60. The first-order chi connectivity index (χ1) is 8.98. The Morgan fingerprint density at radius 2 is 2.00 bits per heavy atom. The van der Waals surface area contributed by atoms with Crippen LogP contribution in [0.15, 0.2) is 30.3 Å². The standard InChI is InChI=1S/C11H13N3O4S/c15-10(8-4-2-1-3-5-8)7-19(17,18)14-9-6-12-13-11(9)16/h1-5,9,12,14H,6-7H2,(H,13,16)/t9-/m0/s1. The lowest BCUT2D eigenvalue weighted by Crippen LogP contribution is -2.43. The maximum absolute atomic E-state index is 11.8. The molecule has 1 aromatic carbocycles. The van der Waals surface area contributed by atoms with E-state index in [4.69, 9.17) is 0 Å². The maximum atomic E-state index is 11.8. The second-order valence-electron chi connectivity index (χ2n) is 4.09. The summed E-state index contributed by atoms with van der Waals surface area (Å²) < 4.78 is 25.7. The molecule has 102 valence electrons. The number of sulfonamides is 1. The molecule has 1 aromatic rings. The average molecular weight is 283 g/mol. The molecular formula is C11H13N3O4S. The first kappa shape index (κ1) is 13.7. The van der Waals surface area contributed by atoms with Crippen LogP contribution in [0, 0.1) is 0 Å². The second-order valence-corrected chi connectivity index (χ2v) is 5.84. The van der Waals surface area contributed by atoms with Gasteiger partial charge in [0.05, 0.1) is 0 Å². The number of carbonyl (C=O) groups is 2. The summed E-state index contributed by atoms with van der Waals surface area (Å²) in [5.74, 6) is -1.66. The second kappa shape index (κ2) is 5.47. The van der Waals surface area contributed by atoms with E-state index in [0.717, 1.165) is 0 Å². The van der Waals surface area contributed by atoms with Crippen LogP contribution in [0.25, 0.3) is 0 Å². The van der Waals surface area contributed by atoms with Crippen LogP contribution in [0.1, 0.15) is 10.4 Å². The number of benzene rings is 1. The van der Waals surface area contributed by atoms with Crippen molar-refractivity contribution in [2.75, 3.05) is 12.3 Å². The van der Waals surface area contributed by atoms with Crippen LogP contribution < -0.4 is 15.6 Å². The predicted molar refractivity (Wildman–Crippen MR) is 67.6 cm³/mol. The van der Waals surface area contributed by atoms with E-state index in [1.54, 1.807) is 30.3 Å². The molecule has 0 radical (unpaired) electrons. The fourth-order valence-electron chi connectivity index (χ4n) is 1.65. The van der Waals surface area contributed by atoms with Crippen LogP contribution in [0.4, 0.5) is 0 Å². The molecule has 7 nitrogen and oxygen atoms in total. The van der Waals surface area contributed by atoms with Crippen LogP contribution in [0.2, 0.25) is 0 Å². The predicted octanol–water partition coefficient (Wildman–Crippen LogP) is -1.21. The Bertz CT molecular complexity index is 585. The summed E-state index contributed by atoms with van der Waals surface area (Å²) in [6.45, 7) is 0.150. The lowest BCUT2D eigenvalue weighted by atomic mass is 10.2. The number of rotatable bonds is 5. The van der Waals surface area contributed by atoms with Gasteiger partial charge in [-0.3, -0.25) is 15.0 Å². The number of nitrogens with one attached hydrogen (secondary N) is 3. The molecule has 1 saturated heterocycles. The van der Waals surface area contributed by atoms with Gasteiger partial charge in [-0.25, -0.2) is 18.6 Å². The molecular weight excluding hydrogens is 270 g/mol. The van der Waals surface area contributed by atoms with Gasteiger partial charge < -0.3 is 0 Å². The van der Waals surface area contributed by atoms with Gasteiger partial charge in [0.25, 0.3) is 5.91 Å². The van der Waals surface area contributed by atoms with E-state index in [2.05, 4.69) is 15.6 Å². The Morgan fingerprint density at radius 1 is 1.32 bits per heavy atom.